The number of benzene rings is 2. The molecule has 0 heterocycles. The van der Waals surface area contributed by atoms with E-state index in [-0.39, 0.29) is 5.91 Å². The van der Waals surface area contributed by atoms with Crippen LogP contribution in [-0.4, -0.2) is 12.0 Å². The molecule has 0 saturated carbocycles. The van der Waals surface area contributed by atoms with Crippen LogP contribution in [-0.2, 0) is 4.79 Å². The number of amides is 1. The van der Waals surface area contributed by atoms with Gasteiger partial charge >= 0.3 is 0 Å². The van der Waals surface area contributed by atoms with Crippen LogP contribution in [0.3, 0.4) is 0 Å². The highest BCUT2D eigenvalue weighted by Crippen LogP contribution is 2.28. The van der Waals surface area contributed by atoms with E-state index in [4.69, 9.17) is 10.00 Å². The number of carbonyl (C=O) groups is 1. The maximum absolute atomic E-state index is 12.3. The number of anilines is 1. The van der Waals surface area contributed by atoms with E-state index >= 15 is 0 Å². The quantitative estimate of drug-likeness (QED) is 0.867. The number of carbonyl (C=O) groups excluding carboxylic acids is 1. The van der Waals surface area contributed by atoms with Crippen LogP contribution in [0.2, 0.25) is 0 Å². The van der Waals surface area contributed by atoms with Crippen LogP contribution in [0.25, 0.3) is 0 Å². The fourth-order valence-electron chi connectivity index (χ4n) is 2.24. The minimum absolute atomic E-state index is 0.297. The molecular weight excluding hydrogens is 356 g/mol. The van der Waals surface area contributed by atoms with Gasteiger partial charge in [0, 0.05) is 4.47 Å². The zero-order valence-corrected chi connectivity index (χ0v) is 14.8. The third kappa shape index (κ3) is 4.11. The van der Waals surface area contributed by atoms with E-state index in [0.29, 0.717) is 17.0 Å². The number of ether oxygens (including phenoxy) is 1. The standard InChI is InChI=1S/C18H17BrN2O2/c1-11-8-15(19)9-12(2)17(11)23-13(3)18(22)21-16-7-5-4-6-14(16)10-20/h4-9,13H,1-3H3,(H,21,22). The van der Waals surface area contributed by atoms with Gasteiger partial charge in [-0.2, -0.15) is 5.26 Å². The lowest BCUT2D eigenvalue weighted by Crippen LogP contribution is -2.30. The number of nitrogens with one attached hydrogen (secondary N) is 1. The molecule has 1 atom stereocenters. The van der Waals surface area contributed by atoms with E-state index in [1.807, 2.05) is 26.0 Å². The first-order chi connectivity index (χ1) is 10.9. The van der Waals surface area contributed by atoms with E-state index < -0.39 is 6.10 Å². The van der Waals surface area contributed by atoms with Crippen LogP contribution in [0.15, 0.2) is 40.9 Å². The van der Waals surface area contributed by atoms with Crippen LogP contribution < -0.4 is 10.1 Å². The summed E-state index contributed by atoms with van der Waals surface area (Å²) >= 11 is 3.44. The van der Waals surface area contributed by atoms with Gasteiger partial charge in [-0.1, -0.05) is 28.1 Å². The van der Waals surface area contributed by atoms with Crippen molar-refractivity contribution in [2.75, 3.05) is 5.32 Å². The lowest BCUT2D eigenvalue weighted by Gasteiger charge is -2.18. The Kier molecular flexibility index (Phi) is 5.41. The molecule has 2 aromatic rings. The maximum atomic E-state index is 12.3. The van der Waals surface area contributed by atoms with Gasteiger partial charge in [0.25, 0.3) is 5.91 Å². The van der Waals surface area contributed by atoms with Crippen molar-refractivity contribution in [2.45, 2.75) is 26.9 Å². The van der Waals surface area contributed by atoms with Gasteiger partial charge in [0.2, 0.25) is 0 Å². The molecule has 1 N–H and O–H groups in total. The predicted molar refractivity (Wildman–Crippen MR) is 93.5 cm³/mol. The molecule has 1 amide bonds. The number of rotatable bonds is 4. The number of hydrogen-bond donors (Lipinski definition) is 1. The minimum Gasteiger partial charge on any atom is -0.480 e. The van der Waals surface area contributed by atoms with Gasteiger partial charge < -0.3 is 10.1 Å². The van der Waals surface area contributed by atoms with Crippen molar-refractivity contribution in [3.8, 4) is 11.8 Å². The topological polar surface area (TPSA) is 62.1 Å². The van der Waals surface area contributed by atoms with Gasteiger partial charge in [-0.3, -0.25) is 4.79 Å². The summed E-state index contributed by atoms with van der Waals surface area (Å²) in [7, 11) is 0. The third-order valence-corrected chi connectivity index (χ3v) is 3.85. The molecule has 23 heavy (non-hydrogen) atoms. The van der Waals surface area contributed by atoms with Crippen molar-refractivity contribution in [3.05, 3.63) is 57.6 Å². The molecule has 0 bridgehead atoms. The van der Waals surface area contributed by atoms with Gasteiger partial charge in [-0.05, 0) is 56.2 Å². The molecule has 0 fully saturated rings. The fourth-order valence-corrected chi connectivity index (χ4v) is 2.92. The van der Waals surface area contributed by atoms with E-state index in [9.17, 15) is 4.79 Å². The third-order valence-electron chi connectivity index (χ3n) is 3.39. The Morgan fingerprint density at radius 3 is 2.48 bits per heavy atom. The maximum Gasteiger partial charge on any atom is 0.265 e. The molecule has 1 unspecified atom stereocenters. The molecule has 2 rings (SSSR count). The second-order valence-corrected chi connectivity index (χ2v) is 6.19. The molecule has 0 saturated heterocycles. The summed E-state index contributed by atoms with van der Waals surface area (Å²) in [6.07, 6.45) is -0.680. The zero-order valence-electron chi connectivity index (χ0n) is 13.2. The number of nitrogens with zero attached hydrogens (tertiary/aromatic N) is 1. The minimum atomic E-state index is -0.680. The molecule has 0 aliphatic heterocycles. The largest absolute Gasteiger partial charge is 0.480 e. The summed E-state index contributed by atoms with van der Waals surface area (Å²) in [5.41, 5.74) is 2.81. The van der Waals surface area contributed by atoms with Crippen LogP contribution in [0.1, 0.15) is 23.6 Å². The average molecular weight is 373 g/mol. The zero-order chi connectivity index (χ0) is 17.0. The van der Waals surface area contributed by atoms with Crippen LogP contribution >= 0.6 is 15.9 Å². The molecule has 4 nitrogen and oxygen atoms in total. The van der Waals surface area contributed by atoms with Gasteiger partial charge in [0.05, 0.1) is 11.3 Å². The van der Waals surface area contributed by atoms with Crippen LogP contribution in [0, 0.1) is 25.2 Å². The fraction of sp³-hybridized carbons (Fsp3) is 0.222. The summed E-state index contributed by atoms with van der Waals surface area (Å²) in [4.78, 5) is 12.3. The van der Waals surface area contributed by atoms with E-state index in [0.717, 1.165) is 15.6 Å². The Morgan fingerprint density at radius 2 is 1.87 bits per heavy atom. The molecule has 2 aromatic carbocycles. The Labute approximate surface area is 144 Å². The molecule has 0 aliphatic carbocycles. The number of nitriles is 1. The molecule has 0 aliphatic rings. The Hall–Kier alpha value is -2.32. The summed E-state index contributed by atoms with van der Waals surface area (Å²) < 4.78 is 6.79. The number of hydrogen-bond acceptors (Lipinski definition) is 3. The normalized spacial score (nSPS) is 11.4. The second kappa shape index (κ2) is 7.30. The smallest absolute Gasteiger partial charge is 0.265 e. The predicted octanol–water partition coefficient (Wildman–Crippen LogP) is 4.34. The Balaban J connectivity index is 2.14. The molecule has 0 spiro atoms. The number of aryl methyl sites for hydroxylation is 2. The first kappa shape index (κ1) is 17.0. The Morgan fingerprint density at radius 1 is 1.26 bits per heavy atom. The van der Waals surface area contributed by atoms with E-state index in [1.54, 1.807) is 31.2 Å². The van der Waals surface area contributed by atoms with Crippen LogP contribution in [0.5, 0.6) is 5.75 Å². The van der Waals surface area contributed by atoms with Crippen molar-refractivity contribution >= 4 is 27.5 Å². The highest BCUT2D eigenvalue weighted by molar-refractivity contribution is 9.10. The van der Waals surface area contributed by atoms with Gasteiger partial charge in [0.1, 0.15) is 11.8 Å². The monoisotopic (exact) mass is 372 g/mol. The lowest BCUT2D eigenvalue weighted by molar-refractivity contribution is -0.122. The number of halogens is 1. The molecule has 5 heteroatoms. The summed E-state index contributed by atoms with van der Waals surface area (Å²) in [6.45, 7) is 5.55. The van der Waals surface area contributed by atoms with Crippen molar-refractivity contribution in [2.24, 2.45) is 0 Å². The van der Waals surface area contributed by atoms with Crippen molar-refractivity contribution in [1.82, 2.24) is 0 Å². The highest BCUT2D eigenvalue weighted by Gasteiger charge is 2.18. The van der Waals surface area contributed by atoms with Crippen molar-refractivity contribution in [3.63, 3.8) is 0 Å². The second-order valence-electron chi connectivity index (χ2n) is 5.28. The van der Waals surface area contributed by atoms with Gasteiger partial charge in [-0.15, -0.1) is 0 Å². The van der Waals surface area contributed by atoms with Gasteiger partial charge in [-0.25, -0.2) is 0 Å². The molecule has 0 radical (unpaired) electrons. The highest BCUT2D eigenvalue weighted by atomic mass is 79.9. The van der Waals surface area contributed by atoms with Crippen molar-refractivity contribution < 1.29 is 9.53 Å². The first-order valence-electron chi connectivity index (χ1n) is 7.15. The summed E-state index contributed by atoms with van der Waals surface area (Å²) in [5.74, 6) is 0.402. The lowest BCUT2D eigenvalue weighted by atomic mass is 10.1. The first-order valence-corrected chi connectivity index (χ1v) is 7.95. The van der Waals surface area contributed by atoms with Crippen molar-refractivity contribution in [1.29, 1.82) is 5.26 Å². The SMILES string of the molecule is Cc1cc(Br)cc(C)c1OC(C)C(=O)Nc1ccccc1C#N. The molecule has 118 valence electrons. The molecule has 0 aromatic heterocycles. The number of para-hydroxylation sites is 1. The summed E-state index contributed by atoms with van der Waals surface area (Å²) in [5, 5.41) is 11.8. The van der Waals surface area contributed by atoms with Crippen LogP contribution in [0.4, 0.5) is 5.69 Å². The van der Waals surface area contributed by atoms with E-state index in [2.05, 4.69) is 27.3 Å². The Bertz CT molecular complexity index is 758. The van der Waals surface area contributed by atoms with E-state index in [1.165, 1.54) is 0 Å². The molecular formula is C18H17BrN2O2. The summed E-state index contributed by atoms with van der Waals surface area (Å²) in [6, 6.07) is 12.8. The average Bonchev–Trinajstić information content (AvgIpc) is 2.51. The van der Waals surface area contributed by atoms with Gasteiger partial charge in [0.15, 0.2) is 6.10 Å².